The smallest absolute Gasteiger partial charge is 0.324 e. The zero-order valence-corrected chi connectivity index (χ0v) is 16.1. The Balaban J connectivity index is 1.19. The largest absolute Gasteiger partial charge is 0.491 e. The predicted octanol–water partition coefficient (Wildman–Crippen LogP) is 2.45. The van der Waals surface area contributed by atoms with Crippen molar-refractivity contribution in [2.45, 2.75) is 50.0 Å². The van der Waals surface area contributed by atoms with Crippen molar-refractivity contribution >= 4 is 11.9 Å². The van der Waals surface area contributed by atoms with E-state index in [0.29, 0.717) is 11.2 Å². The lowest BCUT2D eigenvalue weighted by Gasteiger charge is -2.57. The lowest BCUT2D eigenvalue weighted by atomic mass is 9.48. The number of nitrogens with zero attached hydrogens (tertiary/aromatic N) is 1. The van der Waals surface area contributed by atoms with Crippen LogP contribution in [-0.2, 0) is 10.2 Å². The average Bonchev–Trinajstić information content (AvgIpc) is 2.98. The van der Waals surface area contributed by atoms with Crippen LogP contribution in [0.15, 0.2) is 24.3 Å². The molecule has 2 N–H and O–H groups in total. The van der Waals surface area contributed by atoms with Crippen LogP contribution in [0.1, 0.15) is 44.1 Å². The molecule has 4 bridgehead atoms. The van der Waals surface area contributed by atoms with E-state index in [-0.39, 0.29) is 25.6 Å². The molecule has 6 rings (SSSR count). The van der Waals surface area contributed by atoms with Crippen molar-refractivity contribution < 1.29 is 19.4 Å². The van der Waals surface area contributed by atoms with Gasteiger partial charge in [0, 0.05) is 0 Å². The van der Waals surface area contributed by atoms with Crippen LogP contribution in [0.4, 0.5) is 4.79 Å². The van der Waals surface area contributed by atoms with Crippen molar-refractivity contribution in [3.8, 4) is 5.75 Å². The van der Waals surface area contributed by atoms with Gasteiger partial charge in [-0.05, 0) is 79.4 Å². The predicted molar refractivity (Wildman–Crippen MR) is 103 cm³/mol. The van der Waals surface area contributed by atoms with Gasteiger partial charge in [0.15, 0.2) is 0 Å². The number of imide groups is 1. The van der Waals surface area contributed by atoms with Crippen LogP contribution in [0.25, 0.3) is 0 Å². The second kappa shape index (κ2) is 6.76. The van der Waals surface area contributed by atoms with E-state index in [4.69, 9.17) is 4.74 Å². The maximum absolute atomic E-state index is 11.6. The number of urea groups is 1. The Morgan fingerprint density at radius 1 is 1.07 bits per heavy atom. The molecule has 150 valence electrons. The molecule has 1 aromatic carbocycles. The molecule has 0 unspecified atom stereocenters. The zero-order valence-electron chi connectivity index (χ0n) is 16.1. The number of hydrogen-bond donors (Lipinski definition) is 2. The minimum absolute atomic E-state index is 0.00179. The van der Waals surface area contributed by atoms with Crippen LogP contribution in [0.5, 0.6) is 5.75 Å². The highest BCUT2D eigenvalue weighted by atomic mass is 16.5. The van der Waals surface area contributed by atoms with Crippen molar-refractivity contribution in [3.63, 3.8) is 0 Å². The van der Waals surface area contributed by atoms with E-state index in [9.17, 15) is 14.7 Å². The monoisotopic (exact) mass is 384 g/mol. The lowest BCUT2D eigenvalue weighted by molar-refractivity contribution is -0.126. The number of amides is 3. The van der Waals surface area contributed by atoms with Crippen LogP contribution >= 0.6 is 0 Å². The maximum atomic E-state index is 11.6. The summed E-state index contributed by atoms with van der Waals surface area (Å²) in [4.78, 5) is 24.2. The van der Waals surface area contributed by atoms with Gasteiger partial charge in [-0.2, -0.15) is 0 Å². The summed E-state index contributed by atoms with van der Waals surface area (Å²) in [5.41, 5.74) is 1.81. The fourth-order valence-corrected chi connectivity index (χ4v) is 6.46. The molecule has 3 amide bonds. The summed E-state index contributed by atoms with van der Waals surface area (Å²) in [7, 11) is 0. The molecule has 5 fully saturated rings. The normalized spacial score (nSPS) is 34.6. The molecular weight excluding hydrogens is 356 g/mol. The van der Waals surface area contributed by atoms with Crippen LogP contribution in [-0.4, -0.2) is 47.7 Å². The number of carbonyl (C=O) groups excluding carboxylic acids is 2. The summed E-state index contributed by atoms with van der Waals surface area (Å²) < 4.78 is 5.70. The van der Waals surface area contributed by atoms with Crippen molar-refractivity contribution in [1.82, 2.24) is 10.2 Å². The van der Waals surface area contributed by atoms with Gasteiger partial charge in [-0.1, -0.05) is 12.1 Å². The van der Waals surface area contributed by atoms with Crippen molar-refractivity contribution in [2.75, 3.05) is 19.7 Å². The first kappa shape index (κ1) is 18.0. The Bertz CT molecular complexity index is 724. The van der Waals surface area contributed by atoms with Gasteiger partial charge >= 0.3 is 6.03 Å². The molecule has 1 aromatic rings. The highest BCUT2D eigenvalue weighted by molar-refractivity contribution is 6.01. The van der Waals surface area contributed by atoms with E-state index in [2.05, 4.69) is 17.4 Å². The number of aliphatic hydroxyl groups excluding tert-OH is 1. The molecule has 4 aliphatic carbocycles. The molecule has 0 radical (unpaired) electrons. The van der Waals surface area contributed by atoms with Gasteiger partial charge in [0.2, 0.25) is 5.91 Å². The maximum Gasteiger partial charge on any atom is 0.324 e. The Kier molecular flexibility index (Phi) is 4.34. The Hall–Kier alpha value is -2.08. The number of rotatable bonds is 6. The van der Waals surface area contributed by atoms with E-state index in [1.54, 1.807) is 0 Å². The number of ether oxygens (including phenoxy) is 1. The van der Waals surface area contributed by atoms with Gasteiger partial charge in [0.25, 0.3) is 0 Å². The zero-order chi connectivity index (χ0) is 19.3. The summed E-state index contributed by atoms with van der Waals surface area (Å²) in [5.74, 6) is 3.15. The summed E-state index contributed by atoms with van der Waals surface area (Å²) in [6.45, 7) is 0.00198. The Morgan fingerprint density at radius 3 is 2.21 bits per heavy atom. The first-order valence-electron chi connectivity index (χ1n) is 10.5. The highest BCUT2D eigenvalue weighted by Crippen LogP contribution is 2.60. The number of nitrogens with one attached hydrogen (secondary N) is 1. The SMILES string of the molecule is O=C1CNC(=O)N1C[C@H](O)COc1ccc(C23CC4CC(CC(C4)C2)C3)cc1. The van der Waals surface area contributed by atoms with Gasteiger partial charge < -0.3 is 15.2 Å². The fourth-order valence-electron chi connectivity index (χ4n) is 6.46. The minimum Gasteiger partial charge on any atom is -0.491 e. The topological polar surface area (TPSA) is 78.9 Å². The highest BCUT2D eigenvalue weighted by Gasteiger charge is 2.51. The van der Waals surface area contributed by atoms with Crippen LogP contribution < -0.4 is 10.1 Å². The molecule has 4 saturated carbocycles. The molecule has 5 aliphatic rings. The van der Waals surface area contributed by atoms with Gasteiger partial charge in [0.05, 0.1) is 13.1 Å². The Labute approximate surface area is 165 Å². The summed E-state index contributed by atoms with van der Waals surface area (Å²) >= 11 is 0. The molecule has 1 heterocycles. The van der Waals surface area contributed by atoms with Gasteiger partial charge in [-0.15, -0.1) is 0 Å². The van der Waals surface area contributed by atoms with Crippen LogP contribution in [0, 0.1) is 17.8 Å². The number of hydrogen-bond acceptors (Lipinski definition) is 4. The fraction of sp³-hybridized carbons (Fsp3) is 0.636. The molecule has 0 aromatic heterocycles. The Morgan fingerprint density at radius 2 is 1.68 bits per heavy atom. The van der Waals surface area contributed by atoms with Gasteiger partial charge in [-0.25, -0.2) is 4.79 Å². The summed E-state index contributed by atoms with van der Waals surface area (Å²) in [5, 5.41) is 12.6. The number of β-amino-alcohol motifs (C(OH)–C–C–N with tert-alkyl or cyclic N) is 1. The van der Waals surface area contributed by atoms with E-state index in [1.165, 1.54) is 44.1 Å². The van der Waals surface area contributed by atoms with Gasteiger partial charge in [0.1, 0.15) is 18.5 Å². The molecular formula is C22H28N2O4. The number of benzene rings is 1. The molecule has 6 heteroatoms. The third kappa shape index (κ3) is 3.17. The van der Waals surface area contributed by atoms with Crippen molar-refractivity contribution in [2.24, 2.45) is 17.8 Å². The minimum atomic E-state index is -0.907. The molecule has 28 heavy (non-hydrogen) atoms. The van der Waals surface area contributed by atoms with Crippen molar-refractivity contribution in [1.29, 1.82) is 0 Å². The molecule has 1 atom stereocenters. The molecule has 6 nitrogen and oxygen atoms in total. The first-order chi connectivity index (χ1) is 13.5. The molecule has 0 spiro atoms. The third-order valence-electron chi connectivity index (χ3n) is 7.28. The van der Waals surface area contributed by atoms with E-state index < -0.39 is 12.1 Å². The number of carbonyl (C=O) groups is 2. The average molecular weight is 384 g/mol. The quantitative estimate of drug-likeness (QED) is 0.739. The van der Waals surface area contributed by atoms with Crippen LogP contribution in [0.2, 0.25) is 0 Å². The first-order valence-corrected chi connectivity index (χ1v) is 10.5. The van der Waals surface area contributed by atoms with Crippen molar-refractivity contribution in [3.05, 3.63) is 29.8 Å². The van der Waals surface area contributed by atoms with E-state index in [1.807, 2.05) is 12.1 Å². The lowest BCUT2D eigenvalue weighted by Crippen LogP contribution is -2.48. The molecule has 1 aliphatic heterocycles. The van der Waals surface area contributed by atoms with E-state index in [0.717, 1.165) is 22.7 Å². The van der Waals surface area contributed by atoms with Gasteiger partial charge in [-0.3, -0.25) is 9.69 Å². The second-order valence-corrected chi connectivity index (χ2v) is 9.35. The second-order valence-electron chi connectivity index (χ2n) is 9.35. The standard InChI is InChI=1S/C22H28N2O4/c25-18(12-24-20(26)11-23-21(24)27)13-28-19-3-1-17(2-4-19)22-8-14-5-15(9-22)7-16(6-14)10-22/h1-4,14-16,18,25H,5-13H2,(H,23,27)/t14?,15?,16?,18-,22?/m0/s1. The third-order valence-corrected chi connectivity index (χ3v) is 7.28. The summed E-state index contributed by atoms with van der Waals surface area (Å²) in [6.07, 6.45) is 7.43. The summed E-state index contributed by atoms with van der Waals surface area (Å²) in [6, 6.07) is 7.94. The van der Waals surface area contributed by atoms with Crippen LogP contribution in [0.3, 0.4) is 0 Å². The van der Waals surface area contributed by atoms with E-state index >= 15 is 0 Å². The molecule has 1 saturated heterocycles. The number of aliphatic hydroxyl groups is 1.